The molecular weight excluding hydrogens is 406 g/mol. The normalized spacial score (nSPS) is 12.6. The Morgan fingerprint density at radius 3 is 2.50 bits per heavy atom. The van der Waals surface area contributed by atoms with Crippen molar-refractivity contribution >= 4 is 23.2 Å². The molecule has 2 aromatic heterocycles. The van der Waals surface area contributed by atoms with E-state index in [9.17, 15) is 4.79 Å². The van der Waals surface area contributed by atoms with Crippen LogP contribution in [0.1, 0.15) is 10.5 Å². The summed E-state index contributed by atoms with van der Waals surface area (Å²) in [5, 5.41) is 7.76. The standard InChI is InChI=1S/C22H16ClN3O4/c23-15-11-20-21(30-10-9-29-20)13-16(15)24-22(27)18-12-17(19-7-4-8-28-19)25-26(18)14-5-2-1-3-6-14/h1-8,11-13H,9-10H2,(H,24,27). The van der Waals surface area contributed by atoms with Crippen molar-refractivity contribution in [2.45, 2.75) is 0 Å². The Labute approximate surface area is 176 Å². The Balaban J connectivity index is 1.52. The summed E-state index contributed by atoms with van der Waals surface area (Å²) in [6, 6.07) is 17.9. The summed E-state index contributed by atoms with van der Waals surface area (Å²) in [6.07, 6.45) is 1.56. The zero-order chi connectivity index (χ0) is 20.5. The molecule has 0 spiro atoms. The van der Waals surface area contributed by atoms with Gasteiger partial charge in [-0.2, -0.15) is 5.10 Å². The third-order valence-electron chi connectivity index (χ3n) is 4.60. The first-order valence-electron chi connectivity index (χ1n) is 9.29. The summed E-state index contributed by atoms with van der Waals surface area (Å²) in [5.74, 6) is 1.28. The topological polar surface area (TPSA) is 78.5 Å². The molecule has 5 rings (SSSR count). The molecule has 2 aromatic carbocycles. The Morgan fingerprint density at radius 2 is 1.77 bits per heavy atom. The van der Waals surface area contributed by atoms with Crippen LogP contribution in [-0.4, -0.2) is 28.9 Å². The highest BCUT2D eigenvalue weighted by atomic mass is 35.5. The molecule has 1 aliphatic heterocycles. The van der Waals surface area contributed by atoms with Crippen LogP contribution in [-0.2, 0) is 0 Å². The number of rotatable bonds is 4. The van der Waals surface area contributed by atoms with Crippen molar-refractivity contribution in [3.05, 3.63) is 77.6 Å². The number of furan rings is 1. The van der Waals surface area contributed by atoms with E-state index in [1.165, 1.54) is 0 Å². The molecule has 30 heavy (non-hydrogen) atoms. The van der Waals surface area contributed by atoms with E-state index in [2.05, 4.69) is 10.4 Å². The Morgan fingerprint density at radius 1 is 1.00 bits per heavy atom. The van der Waals surface area contributed by atoms with Gasteiger partial charge in [0.25, 0.3) is 5.91 Å². The third-order valence-corrected chi connectivity index (χ3v) is 4.91. The monoisotopic (exact) mass is 421 g/mol. The number of carbonyl (C=O) groups excluding carboxylic acids is 1. The van der Waals surface area contributed by atoms with Gasteiger partial charge < -0.3 is 19.2 Å². The summed E-state index contributed by atoms with van der Waals surface area (Å²) in [6.45, 7) is 0.899. The molecule has 0 saturated carbocycles. The number of para-hydroxylation sites is 1. The first-order chi connectivity index (χ1) is 14.7. The zero-order valence-corrected chi connectivity index (χ0v) is 16.4. The number of hydrogen-bond donors (Lipinski definition) is 1. The lowest BCUT2D eigenvalue weighted by Crippen LogP contribution is -2.18. The van der Waals surface area contributed by atoms with E-state index in [-0.39, 0.29) is 5.91 Å². The first-order valence-corrected chi connectivity index (χ1v) is 9.67. The summed E-state index contributed by atoms with van der Waals surface area (Å²) in [7, 11) is 0. The Kier molecular flexibility index (Phi) is 4.65. The SMILES string of the molecule is O=C(Nc1cc2c(cc1Cl)OCCO2)c1cc(-c2ccco2)nn1-c1ccccc1. The molecule has 0 aliphatic carbocycles. The molecule has 0 radical (unpaired) electrons. The van der Waals surface area contributed by atoms with Crippen LogP contribution in [0.4, 0.5) is 5.69 Å². The number of nitrogens with zero attached hydrogens (tertiary/aromatic N) is 2. The van der Waals surface area contributed by atoms with Crippen molar-refractivity contribution in [3.8, 4) is 28.6 Å². The minimum Gasteiger partial charge on any atom is -0.486 e. The van der Waals surface area contributed by atoms with Gasteiger partial charge in [0.05, 0.1) is 22.7 Å². The number of nitrogens with one attached hydrogen (secondary N) is 1. The summed E-state index contributed by atoms with van der Waals surface area (Å²) in [5.41, 5.74) is 2.04. The van der Waals surface area contributed by atoms with E-state index in [0.717, 1.165) is 5.69 Å². The van der Waals surface area contributed by atoms with Gasteiger partial charge in [-0.05, 0) is 24.3 Å². The van der Waals surface area contributed by atoms with Crippen molar-refractivity contribution in [2.24, 2.45) is 0 Å². The van der Waals surface area contributed by atoms with Gasteiger partial charge in [0.2, 0.25) is 0 Å². The largest absolute Gasteiger partial charge is 0.486 e. The van der Waals surface area contributed by atoms with Gasteiger partial charge >= 0.3 is 0 Å². The van der Waals surface area contributed by atoms with Crippen molar-refractivity contribution < 1.29 is 18.7 Å². The number of ether oxygens (including phenoxy) is 2. The third kappa shape index (κ3) is 3.40. The highest BCUT2D eigenvalue weighted by Crippen LogP contribution is 2.38. The lowest BCUT2D eigenvalue weighted by molar-refractivity contribution is 0.101. The summed E-state index contributed by atoms with van der Waals surface area (Å²) >= 11 is 6.35. The predicted molar refractivity (Wildman–Crippen MR) is 112 cm³/mol. The lowest BCUT2D eigenvalue weighted by atomic mass is 10.2. The van der Waals surface area contributed by atoms with Crippen molar-refractivity contribution in [1.29, 1.82) is 0 Å². The van der Waals surface area contributed by atoms with Crippen LogP contribution < -0.4 is 14.8 Å². The summed E-state index contributed by atoms with van der Waals surface area (Å²) in [4.78, 5) is 13.2. The Hall–Kier alpha value is -3.71. The number of halogens is 1. The molecule has 4 aromatic rings. The molecule has 0 unspecified atom stereocenters. The fourth-order valence-corrected chi connectivity index (χ4v) is 3.40. The molecule has 1 amide bonds. The molecule has 150 valence electrons. The highest BCUT2D eigenvalue weighted by Gasteiger charge is 2.21. The van der Waals surface area contributed by atoms with Gasteiger partial charge in [-0.25, -0.2) is 4.68 Å². The fourth-order valence-electron chi connectivity index (χ4n) is 3.20. The molecule has 0 fully saturated rings. The first kappa shape index (κ1) is 18.3. The predicted octanol–water partition coefficient (Wildman–Crippen LogP) is 4.81. The van der Waals surface area contributed by atoms with Crippen LogP contribution in [0.3, 0.4) is 0 Å². The van der Waals surface area contributed by atoms with Crippen LogP contribution in [0.5, 0.6) is 11.5 Å². The fraction of sp³-hybridized carbons (Fsp3) is 0.0909. The molecule has 8 heteroatoms. The molecule has 3 heterocycles. The molecule has 1 N–H and O–H groups in total. The second-order valence-electron chi connectivity index (χ2n) is 6.57. The zero-order valence-electron chi connectivity index (χ0n) is 15.7. The number of benzene rings is 2. The van der Waals surface area contributed by atoms with Crippen molar-refractivity contribution in [2.75, 3.05) is 18.5 Å². The van der Waals surface area contributed by atoms with Crippen LogP contribution in [0.15, 0.2) is 71.3 Å². The second kappa shape index (κ2) is 7.61. The number of carbonyl (C=O) groups is 1. The van der Waals surface area contributed by atoms with E-state index >= 15 is 0 Å². The van der Waals surface area contributed by atoms with Gasteiger partial charge in [0.1, 0.15) is 24.6 Å². The Bertz CT molecular complexity index is 1200. The van der Waals surface area contributed by atoms with Crippen LogP contribution >= 0.6 is 11.6 Å². The molecule has 0 saturated heterocycles. The van der Waals surface area contributed by atoms with Crippen LogP contribution in [0.2, 0.25) is 5.02 Å². The highest BCUT2D eigenvalue weighted by molar-refractivity contribution is 6.34. The van der Waals surface area contributed by atoms with Gasteiger partial charge in [-0.15, -0.1) is 0 Å². The van der Waals surface area contributed by atoms with Crippen LogP contribution in [0.25, 0.3) is 17.1 Å². The average molecular weight is 422 g/mol. The molecular formula is C22H16ClN3O4. The van der Waals surface area contributed by atoms with Gasteiger partial charge in [-0.3, -0.25) is 4.79 Å². The van der Waals surface area contributed by atoms with E-state index < -0.39 is 0 Å². The van der Waals surface area contributed by atoms with Crippen molar-refractivity contribution in [1.82, 2.24) is 9.78 Å². The van der Waals surface area contributed by atoms with E-state index in [0.29, 0.717) is 52.6 Å². The number of amides is 1. The number of hydrogen-bond acceptors (Lipinski definition) is 5. The maximum atomic E-state index is 13.2. The summed E-state index contributed by atoms with van der Waals surface area (Å²) < 4.78 is 18.1. The van der Waals surface area contributed by atoms with Crippen LogP contribution in [0, 0.1) is 0 Å². The molecule has 0 bridgehead atoms. The minimum absolute atomic E-state index is 0.332. The number of aromatic nitrogens is 2. The van der Waals surface area contributed by atoms with Gasteiger partial charge in [-0.1, -0.05) is 29.8 Å². The van der Waals surface area contributed by atoms with E-state index in [1.807, 2.05) is 30.3 Å². The van der Waals surface area contributed by atoms with E-state index in [1.54, 1.807) is 41.3 Å². The molecule has 1 aliphatic rings. The van der Waals surface area contributed by atoms with Gasteiger partial charge in [0.15, 0.2) is 17.3 Å². The quantitative estimate of drug-likeness (QED) is 0.511. The van der Waals surface area contributed by atoms with Crippen molar-refractivity contribution in [3.63, 3.8) is 0 Å². The smallest absolute Gasteiger partial charge is 0.274 e. The van der Waals surface area contributed by atoms with Gasteiger partial charge in [0, 0.05) is 18.2 Å². The maximum absolute atomic E-state index is 13.2. The number of anilines is 1. The molecule has 0 atom stereocenters. The lowest BCUT2D eigenvalue weighted by Gasteiger charge is -2.20. The maximum Gasteiger partial charge on any atom is 0.274 e. The number of fused-ring (bicyclic) bond motifs is 1. The second-order valence-corrected chi connectivity index (χ2v) is 6.98. The van der Waals surface area contributed by atoms with E-state index in [4.69, 9.17) is 25.5 Å². The molecule has 7 nitrogen and oxygen atoms in total. The minimum atomic E-state index is -0.372. The average Bonchev–Trinajstić information content (AvgIpc) is 3.45.